The zero-order valence-corrected chi connectivity index (χ0v) is 29.3. The van der Waals surface area contributed by atoms with Gasteiger partial charge in [0, 0.05) is 66.2 Å². The molecular weight excluding hydrogens is 655 g/mol. The molecule has 0 aliphatic carbocycles. The van der Waals surface area contributed by atoms with E-state index in [2.05, 4.69) is 19.8 Å². The summed E-state index contributed by atoms with van der Waals surface area (Å²) < 4.78 is 16.7. The summed E-state index contributed by atoms with van der Waals surface area (Å²) in [6, 6.07) is 9.50. The maximum Gasteiger partial charge on any atom is 0.410 e. The third-order valence-corrected chi connectivity index (χ3v) is 9.53. The van der Waals surface area contributed by atoms with E-state index in [1.54, 1.807) is 18.5 Å². The highest BCUT2D eigenvalue weighted by atomic mass is 35.5. The molecule has 1 amide bonds. The monoisotopic (exact) mass is 696 g/mol. The van der Waals surface area contributed by atoms with E-state index in [0.717, 1.165) is 56.6 Å². The fraction of sp³-hybridized carbons (Fsp3) is 0.514. The predicted molar refractivity (Wildman–Crippen MR) is 183 cm³/mol. The third-order valence-electron chi connectivity index (χ3n) is 9.09. The number of rotatable bonds is 8. The summed E-state index contributed by atoms with van der Waals surface area (Å²) in [4.78, 5) is 44.7. The smallest absolute Gasteiger partial charge is 0.410 e. The molecule has 5 heterocycles. The van der Waals surface area contributed by atoms with Gasteiger partial charge in [0.25, 0.3) is 0 Å². The summed E-state index contributed by atoms with van der Waals surface area (Å²) in [5.74, 6) is 2.05. The second-order valence-electron chi connectivity index (χ2n) is 13.9. The van der Waals surface area contributed by atoms with Crippen molar-refractivity contribution in [2.75, 3.05) is 44.7 Å². The Hall–Kier alpha value is -3.67. The molecule has 3 aliphatic rings. The van der Waals surface area contributed by atoms with Crippen LogP contribution in [0.25, 0.3) is 11.3 Å². The van der Waals surface area contributed by atoms with Crippen LogP contribution >= 0.6 is 23.2 Å². The molecule has 0 bridgehead atoms. The maximum absolute atomic E-state index is 12.6. The van der Waals surface area contributed by atoms with Crippen LogP contribution in [-0.4, -0.2) is 88.3 Å². The van der Waals surface area contributed by atoms with Crippen LogP contribution in [0.2, 0.25) is 10.0 Å². The Bertz CT molecular complexity index is 1610. The number of fused-ring (bicyclic) bond motifs is 1. The molecule has 3 saturated heterocycles. The Balaban J connectivity index is 1.12. The van der Waals surface area contributed by atoms with Crippen molar-refractivity contribution in [2.24, 2.45) is 11.8 Å². The Morgan fingerprint density at radius 3 is 2.29 bits per heavy atom. The number of piperidine rings is 2. The summed E-state index contributed by atoms with van der Waals surface area (Å²) >= 11 is 12.7. The number of halogens is 2. The van der Waals surface area contributed by atoms with Gasteiger partial charge in [0.15, 0.2) is 5.75 Å². The highest BCUT2D eigenvalue weighted by Gasteiger charge is 2.46. The molecule has 0 N–H and O–H groups in total. The van der Waals surface area contributed by atoms with E-state index in [1.807, 2.05) is 49.9 Å². The van der Waals surface area contributed by atoms with Crippen LogP contribution in [0.5, 0.6) is 11.6 Å². The van der Waals surface area contributed by atoms with Crippen molar-refractivity contribution in [3.8, 4) is 22.9 Å². The van der Waals surface area contributed by atoms with Gasteiger partial charge in [-0.3, -0.25) is 9.69 Å². The Kier molecular flexibility index (Phi) is 10.3. The van der Waals surface area contributed by atoms with Gasteiger partial charge in [0.05, 0.1) is 25.2 Å². The molecule has 0 radical (unpaired) electrons. The summed E-state index contributed by atoms with van der Waals surface area (Å²) in [5.41, 5.74) is 1.99. The molecule has 3 fully saturated rings. The van der Waals surface area contributed by atoms with Crippen LogP contribution in [0.15, 0.2) is 42.7 Å². The standard InChI is InChI=1S/C35H42Cl2N6O5/c1-35(2,3)48-34(45)43-21-25-20-42(10-7-30(25)43)33-38-17-28(18-39-33)47-31-12-23(11-29(40-31)24-14-26(36)16-27(37)15-24)19-41-8-5-22(6-9-41)13-32(44)46-4/h11-12,14-18,22,25,30H,5-10,13,19-21H2,1-4H3. The van der Waals surface area contributed by atoms with E-state index in [-0.39, 0.29) is 18.1 Å². The van der Waals surface area contributed by atoms with Crippen molar-refractivity contribution in [1.82, 2.24) is 24.8 Å². The normalized spacial score (nSPS) is 20.1. The number of carbonyl (C=O) groups excluding carboxylic acids is 2. The minimum absolute atomic E-state index is 0.152. The van der Waals surface area contributed by atoms with Crippen LogP contribution in [0.3, 0.4) is 0 Å². The Morgan fingerprint density at radius 2 is 1.65 bits per heavy atom. The van der Waals surface area contributed by atoms with Gasteiger partial charge >= 0.3 is 12.1 Å². The molecule has 2 aromatic heterocycles. The van der Waals surface area contributed by atoms with Crippen molar-refractivity contribution in [3.05, 3.63) is 58.3 Å². The van der Waals surface area contributed by atoms with Crippen LogP contribution in [0.1, 0.15) is 52.0 Å². The SMILES string of the molecule is COC(=O)CC1CCN(Cc2cc(Oc3cnc(N4CCC5C(C4)CN5C(=O)OC(C)(C)C)nc3)nc(-c3cc(Cl)cc(Cl)c3)c2)CC1. The molecular formula is C35H42Cl2N6O5. The predicted octanol–water partition coefficient (Wildman–Crippen LogP) is 6.86. The van der Waals surface area contributed by atoms with Gasteiger partial charge in [-0.25, -0.2) is 19.7 Å². The maximum atomic E-state index is 12.6. The first kappa shape index (κ1) is 34.2. The molecule has 0 saturated carbocycles. The average molecular weight is 698 g/mol. The van der Waals surface area contributed by atoms with Crippen LogP contribution < -0.4 is 9.64 Å². The minimum atomic E-state index is -0.507. The molecule has 1 aromatic carbocycles. The lowest BCUT2D eigenvalue weighted by atomic mass is 9.83. The van der Waals surface area contributed by atoms with Gasteiger partial charge in [0.1, 0.15) is 5.60 Å². The number of nitrogens with zero attached hydrogens (tertiary/aromatic N) is 6. The summed E-state index contributed by atoms with van der Waals surface area (Å²) in [6.07, 6.45) is 6.26. The second-order valence-corrected chi connectivity index (χ2v) is 14.7. The van der Waals surface area contributed by atoms with Gasteiger partial charge in [-0.1, -0.05) is 23.2 Å². The number of likely N-dealkylation sites (tertiary alicyclic amines) is 2. The molecule has 2 atom stereocenters. The fourth-order valence-corrected chi connectivity index (χ4v) is 7.22. The van der Waals surface area contributed by atoms with Gasteiger partial charge in [-0.2, -0.15) is 0 Å². The van der Waals surface area contributed by atoms with Crippen molar-refractivity contribution >= 4 is 41.2 Å². The summed E-state index contributed by atoms with van der Waals surface area (Å²) in [6.45, 7) is 10.3. The first-order valence-corrected chi connectivity index (χ1v) is 17.2. The van der Waals surface area contributed by atoms with Crippen LogP contribution in [0.4, 0.5) is 10.7 Å². The molecule has 48 heavy (non-hydrogen) atoms. The van der Waals surface area contributed by atoms with E-state index < -0.39 is 5.60 Å². The number of benzene rings is 1. The van der Waals surface area contributed by atoms with Crippen molar-refractivity contribution in [2.45, 2.75) is 64.6 Å². The number of aromatic nitrogens is 3. The molecule has 6 rings (SSSR count). The van der Waals surface area contributed by atoms with Crippen LogP contribution in [-0.2, 0) is 20.8 Å². The number of anilines is 1. The van der Waals surface area contributed by atoms with Crippen molar-refractivity contribution in [1.29, 1.82) is 0 Å². The van der Waals surface area contributed by atoms with Crippen molar-refractivity contribution < 1.29 is 23.8 Å². The Morgan fingerprint density at radius 1 is 0.938 bits per heavy atom. The third kappa shape index (κ3) is 8.48. The van der Waals surface area contributed by atoms with Gasteiger partial charge < -0.3 is 24.0 Å². The number of hydrogen-bond acceptors (Lipinski definition) is 10. The number of pyridine rings is 1. The lowest BCUT2D eigenvalue weighted by Crippen LogP contribution is -2.65. The zero-order chi connectivity index (χ0) is 34.0. The van der Waals surface area contributed by atoms with Gasteiger partial charge in [-0.15, -0.1) is 0 Å². The highest BCUT2D eigenvalue weighted by molar-refractivity contribution is 6.35. The number of ether oxygens (including phenoxy) is 3. The van der Waals surface area contributed by atoms with Gasteiger partial charge in [-0.05, 0) is 88.9 Å². The first-order chi connectivity index (χ1) is 22.9. The van der Waals surface area contributed by atoms with Gasteiger partial charge in [0.2, 0.25) is 11.8 Å². The minimum Gasteiger partial charge on any atom is -0.469 e. The highest BCUT2D eigenvalue weighted by Crippen LogP contribution is 2.35. The fourth-order valence-electron chi connectivity index (χ4n) is 6.70. The lowest BCUT2D eigenvalue weighted by Gasteiger charge is -2.52. The largest absolute Gasteiger partial charge is 0.469 e. The number of hydrogen-bond donors (Lipinski definition) is 0. The van der Waals surface area contributed by atoms with Crippen LogP contribution in [0, 0.1) is 11.8 Å². The van der Waals surface area contributed by atoms with Crippen molar-refractivity contribution in [3.63, 3.8) is 0 Å². The molecule has 11 nitrogen and oxygen atoms in total. The number of amides is 1. The van der Waals surface area contributed by atoms with E-state index >= 15 is 0 Å². The molecule has 256 valence electrons. The molecule has 13 heteroatoms. The topological polar surface area (TPSA) is 110 Å². The molecule has 0 spiro atoms. The van der Waals surface area contributed by atoms with E-state index in [9.17, 15) is 9.59 Å². The second kappa shape index (κ2) is 14.4. The average Bonchev–Trinajstić information content (AvgIpc) is 3.01. The quantitative estimate of drug-likeness (QED) is 0.232. The lowest BCUT2D eigenvalue weighted by molar-refractivity contribution is -0.142. The summed E-state index contributed by atoms with van der Waals surface area (Å²) in [7, 11) is 1.44. The molecule has 3 aliphatic heterocycles. The number of carbonyl (C=O) groups is 2. The molecule has 3 aromatic rings. The van der Waals surface area contributed by atoms with E-state index in [1.165, 1.54) is 7.11 Å². The molecule has 2 unspecified atom stereocenters. The van der Waals surface area contributed by atoms with E-state index in [0.29, 0.717) is 64.7 Å². The zero-order valence-electron chi connectivity index (χ0n) is 27.8. The Labute approximate surface area is 291 Å². The van der Waals surface area contributed by atoms with E-state index in [4.69, 9.17) is 42.4 Å². The first-order valence-electron chi connectivity index (χ1n) is 16.4. The number of esters is 1. The summed E-state index contributed by atoms with van der Waals surface area (Å²) in [5, 5.41) is 1.04. The number of methoxy groups -OCH3 is 1.